The number of amides is 1. The number of anilines is 1. The maximum atomic E-state index is 12.5. The third kappa shape index (κ3) is 3.02. The molecular weight excluding hydrogens is 358 g/mol. The second-order valence-corrected chi connectivity index (χ2v) is 7.45. The molecule has 0 bridgehead atoms. The van der Waals surface area contributed by atoms with Crippen LogP contribution in [0.25, 0.3) is 22.2 Å². The summed E-state index contributed by atoms with van der Waals surface area (Å²) >= 11 is 1.58. The molecule has 0 fully saturated rings. The average molecular weight is 375 g/mol. The van der Waals surface area contributed by atoms with Gasteiger partial charge in [-0.1, -0.05) is 24.3 Å². The summed E-state index contributed by atoms with van der Waals surface area (Å²) in [5, 5.41) is 17.5. The van der Waals surface area contributed by atoms with Gasteiger partial charge in [0.15, 0.2) is 0 Å². The molecule has 2 aromatic heterocycles. The van der Waals surface area contributed by atoms with Crippen molar-refractivity contribution in [1.82, 2.24) is 10.2 Å². The van der Waals surface area contributed by atoms with Crippen LogP contribution in [0.2, 0.25) is 0 Å². The van der Waals surface area contributed by atoms with Gasteiger partial charge in [0.05, 0.1) is 0 Å². The lowest BCUT2D eigenvalue weighted by atomic mass is 10.0. The Morgan fingerprint density at radius 2 is 2.00 bits per heavy atom. The molecule has 134 valence electrons. The summed E-state index contributed by atoms with van der Waals surface area (Å²) < 4.78 is 5.64. The number of hydrogen-bond donors (Lipinski definition) is 1. The molecule has 5 rings (SSSR count). The van der Waals surface area contributed by atoms with Crippen molar-refractivity contribution >= 4 is 33.7 Å². The van der Waals surface area contributed by atoms with Gasteiger partial charge >= 0.3 is 0 Å². The molecule has 0 saturated carbocycles. The van der Waals surface area contributed by atoms with E-state index >= 15 is 0 Å². The zero-order chi connectivity index (χ0) is 18.2. The van der Waals surface area contributed by atoms with Gasteiger partial charge in [-0.15, -0.1) is 10.2 Å². The standard InChI is InChI=1S/C21H17N3O2S/c25-18(8-9-19-23-24-21(26-19)15-10-11-27-12-15)22-17-7-6-14-5-4-13-2-1-3-16(17)20(13)14/h1-3,6-7,10-12H,4-5,8-9H2,(H,22,25). The van der Waals surface area contributed by atoms with Gasteiger partial charge < -0.3 is 9.73 Å². The normalized spacial score (nSPS) is 12.6. The van der Waals surface area contributed by atoms with Crippen molar-refractivity contribution in [3.05, 3.63) is 64.2 Å². The van der Waals surface area contributed by atoms with E-state index in [1.54, 1.807) is 11.3 Å². The molecule has 0 radical (unpaired) electrons. The van der Waals surface area contributed by atoms with Crippen LogP contribution in [-0.2, 0) is 24.1 Å². The summed E-state index contributed by atoms with van der Waals surface area (Å²) in [6, 6.07) is 12.4. The van der Waals surface area contributed by atoms with Gasteiger partial charge in [-0.25, -0.2) is 0 Å². The summed E-state index contributed by atoms with van der Waals surface area (Å²) in [6.07, 6.45) is 2.87. The topological polar surface area (TPSA) is 68.0 Å². The molecule has 0 atom stereocenters. The fraction of sp³-hybridized carbons (Fsp3) is 0.190. The molecular formula is C21H17N3O2S. The first-order chi connectivity index (χ1) is 13.3. The smallest absolute Gasteiger partial charge is 0.248 e. The maximum absolute atomic E-state index is 12.5. The Hall–Kier alpha value is -2.99. The molecule has 0 spiro atoms. The van der Waals surface area contributed by atoms with E-state index in [1.165, 1.54) is 16.5 Å². The number of nitrogens with zero attached hydrogens (tertiary/aromatic N) is 2. The molecule has 4 aromatic rings. The minimum absolute atomic E-state index is 0.0519. The van der Waals surface area contributed by atoms with Gasteiger partial charge in [-0.3, -0.25) is 4.79 Å². The largest absolute Gasteiger partial charge is 0.421 e. The number of carbonyl (C=O) groups is 1. The first kappa shape index (κ1) is 16.2. The monoisotopic (exact) mass is 375 g/mol. The van der Waals surface area contributed by atoms with Gasteiger partial charge in [-0.2, -0.15) is 11.3 Å². The quantitative estimate of drug-likeness (QED) is 0.553. The van der Waals surface area contributed by atoms with Crippen molar-refractivity contribution in [2.75, 3.05) is 5.32 Å². The van der Waals surface area contributed by atoms with Gasteiger partial charge in [0.2, 0.25) is 17.7 Å². The van der Waals surface area contributed by atoms with E-state index in [0.717, 1.165) is 29.5 Å². The number of hydrogen-bond acceptors (Lipinski definition) is 5. The zero-order valence-corrected chi connectivity index (χ0v) is 15.4. The molecule has 1 amide bonds. The molecule has 5 nitrogen and oxygen atoms in total. The molecule has 1 aliphatic carbocycles. The first-order valence-corrected chi connectivity index (χ1v) is 9.90. The fourth-order valence-electron chi connectivity index (χ4n) is 3.65. The van der Waals surface area contributed by atoms with Crippen LogP contribution in [-0.4, -0.2) is 16.1 Å². The molecule has 1 aliphatic rings. The molecule has 0 unspecified atom stereocenters. The van der Waals surface area contributed by atoms with E-state index in [0.29, 0.717) is 24.6 Å². The Morgan fingerprint density at radius 1 is 1.11 bits per heavy atom. The van der Waals surface area contributed by atoms with Crippen LogP contribution < -0.4 is 5.32 Å². The first-order valence-electron chi connectivity index (χ1n) is 8.96. The summed E-state index contributed by atoms with van der Waals surface area (Å²) in [4.78, 5) is 12.5. The van der Waals surface area contributed by atoms with Crippen molar-refractivity contribution in [3.63, 3.8) is 0 Å². The third-order valence-electron chi connectivity index (χ3n) is 4.95. The lowest BCUT2D eigenvalue weighted by Gasteiger charge is -2.10. The highest BCUT2D eigenvalue weighted by atomic mass is 32.1. The van der Waals surface area contributed by atoms with Crippen molar-refractivity contribution in [2.24, 2.45) is 0 Å². The van der Waals surface area contributed by atoms with Gasteiger partial charge in [0, 0.05) is 34.9 Å². The highest BCUT2D eigenvalue weighted by molar-refractivity contribution is 7.08. The third-order valence-corrected chi connectivity index (χ3v) is 5.64. The van der Waals surface area contributed by atoms with Crippen LogP contribution in [0.3, 0.4) is 0 Å². The number of thiophene rings is 1. The van der Waals surface area contributed by atoms with E-state index in [1.807, 2.05) is 22.9 Å². The SMILES string of the molecule is O=C(CCc1nnc(-c2ccsc2)o1)Nc1ccc2c3c(cccc13)CC2. The highest BCUT2D eigenvalue weighted by Crippen LogP contribution is 2.35. The van der Waals surface area contributed by atoms with Crippen LogP contribution in [0.4, 0.5) is 5.69 Å². The second kappa shape index (κ2) is 6.63. The molecule has 2 heterocycles. The molecule has 27 heavy (non-hydrogen) atoms. The summed E-state index contributed by atoms with van der Waals surface area (Å²) in [6.45, 7) is 0. The van der Waals surface area contributed by atoms with E-state index in [9.17, 15) is 4.79 Å². The highest BCUT2D eigenvalue weighted by Gasteiger charge is 2.17. The number of nitrogens with one attached hydrogen (secondary N) is 1. The second-order valence-electron chi connectivity index (χ2n) is 6.67. The minimum atomic E-state index is -0.0519. The molecule has 1 N–H and O–H groups in total. The van der Waals surface area contributed by atoms with Gasteiger partial charge in [-0.05, 0) is 46.9 Å². The van der Waals surface area contributed by atoms with Crippen molar-refractivity contribution < 1.29 is 9.21 Å². The predicted octanol–water partition coefficient (Wildman–Crippen LogP) is 4.62. The predicted molar refractivity (Wildman–Crippen MR) is 106 cm³/mol. The Balaban J connectivity index is 1.29. The minimum Gasteiger partial charge on any atom is -0.421 e. The van der Waals surface area contributed by atoms with Crippen LogP contribution in [0.1, 0.15) is 23.4 Å². The Labute approximate surface area is 160 Å². The van der Waals surface area contributed by atoms with E-state index < -0.39 is 0 Å². The maximum Gasteiger partial charge on any atom is 0.248 e. The Bertz CT molecular complexity index is 1120. The molecule has 2 aromatic carbocycles. The fourth-order valence-corrected chi connectivity index (χ4v) is 4.28. The zero-order valence-electron chi connectivity index (χ0n) is 14.6. The van der Waals surface area contributed by atoms with E-state index in [2.05, 4.69) is 39.8 Å². The summed E-state index contributed by atoms with van der Waals surface area (Å²) in [7, 11) is 0. The van der Waals surface area contributed by atoms with Crippen LogP contribution >= 0.6 is 11.3 Å². The molecule has 0 aliphatic heterocycles. The van der Waals surface area contributed by atoms with Crippen molar-refractivity contribution in [1.29, 1.82) is 0 Å². The van der Waals surface area contributed by atoms with E-state index in [4.69, 9.17) is 4.42 Å². The lowest BCUT2D eigenvalue weighted by molar-refractivity contribution is -0.116. The van der Waals surface area contributed by atoms with Crippen molar-refractivity contribution in [2.45, 2.75) is 25.7 Å². The Kier molecular flexibility index (Phi) is 3.98. The lowest BCUT2D eigenvalue weighted by Crippen LogP contribution is -2.12. The van der Waals surface area contributed by atoms with Crippen LogP contribution in [0, 0.1) is 0 Å². The Morgan fingerprint density at radius 3 is 2.85 bits per heavy atom. The van der Waals surface area contributed by atoms with Gasteiger partial charge in [0.1, 0.15) is 0 Å². The van der Waals surface area contributed by atoms with Gasteiger partial charge in [0.25, 0.3) is 0 Å². The van der Waals surface area contributed by atoms with Crippen LogP contribution in [0.5, 0.6) is 0 Å². The van der Waals surface area contributed by atoms with E-state index in [-0.39, 0.29) is 5.91 Å². The summed E-state index contributed by atoms with van der Waals surface area (Å²) in [5.41, 5.74) is 4.51. The van der Waals surface area contributed by atoms with Crippen molar-refractivity contribution in [3.8, 4) is 11.5 Å². The number of rotatable bonds is 5. The summed E-state index contributed by atoms with van der Waals surface area (Å²) in [5.74, 6) is 0.926. The molecule has 0 saturated heterocycles. The number of aryl methyl sites for hydroxylation is 3. The number of benzene rings is 2. The van der Waals surface area contributed by atoms with Crippen LogP contribution in [0.15, 0.2) is 51.6 Å². The molecule has 6 heteroatoms. The average Bonchev–Trinajstić information content (AvgIpc) is 3.43. The number of carbonyl (C=O) groups excluding carboxylic acids is 1. The number of aromatic nitrogens is 2.